The number of nitrogens with one attached hydrogen (secondary N) is 1. The molecule has 0 aromatic heterocycles. The number of halogens is 2. The molecule has 1 fully saturated rings. The number of amides is 1. The van der Waals surface area contributed by atoms with Gasteiger partial charge in [-0.1, -0.05) is 37.3 Å². The quantitative estimate of drug-likeness (QED) is 0.795. The molecule has 5 nitrogen and oxygen atoms in total. The molecule has 2 rings (SSSR count). The van der Waals surface area contributed by atoms with Crippen molar-refractivity contribution in [2.24, 2.45) is 11.7 Å². The lowest BCUT2D eigenvalue weighted by molar-refractivity contribution is -0.125. The molecule has 0 spiro atoms. The lowest BCUT2D eigenvalue weighted by atomic mass is 10.0. The normalized spacial score (nSPS) is 18.5. The first kappa shape index (κ1) is 23.1. The van der Waals surface area contributed by atoms with E-state index in [0.717, 1.165) is 26.3 Å². The van der Waals surface area contributed by atoms with Gasteiger partial charge in [-0.2, -0.15) is 0 Å². The lowest BCUT2D eigenvalue weighted by Gasteiger charge is -2.35. The fourth-order valence-electron chi connectivity index (χ4n) is 2.62. The minimum absolute atomic E-state index is 0. The largest absolute Gasteiger partial charge is 0.379 e. The topological polar surface area (TPSA) is 67.6 Å². The molecule has 7 heteroatoms. The molecule has 3 unspecified atom stereocenters. The Morgan fingerprint density at radius 2 is 1.79 bits per heavy atom. The summed E-state index contributed by atoms with van der Waals surface area (Å²) >= 11 is 0. The summed E-state index contributed by atoms with van der Waals surface area (Å²) in [6, 6.07) is 10.3. The van der Waals surface area contributed by atoms with Gasteiger partial charge in [-0.05, 0) is 12.5 Å². The van der Waals surface area contributed by atoms with Crippen molar-refractivity contribution in [1.29, 1.82) is 0 Å². The molecule has 1 heterocycles. The van der Waals surface area contributed by atoms with Crippen LogP contribution in [0.3, 0.4) is 0 Å². The van der Waals surface area contributed by atoms with Crippen molar-refractivity contribution in [3.05, 3.63) is 35.9 Å². The van der Waals surface area contributed by atoms with Gasteiger partial charge < -0.3 is 15.8 Å². The Kier molecular flexibility index (Phi) is 11.2. The Hall–Kier alpha value is -0.850. The highest BCUT2D eigenvalue weighted by Crippen LogP contribution is 2.21. The van der Waals surface area contributed by atoms with Crippen LogP contribution in [0.2, 0.25) is 0 Å². The molecule has 24 heavy (non-hydrogen) atoms. The summed E-state index contributed by atoms with van der Waals surface area (Å²) < 4.78 is 5.44. The summed E-state index contributed by atoms with van der Waals surface area (Å²) in [7, 11) is 0. The van der Waals surface area contributed by atoms with Gasteiger partial charge in [-0.25, -0.2) is 0 Å². The highest BCUT2D eigenvalue weighted by Gasteiger charge is 2.24. The summed E-state index contributed by atoms with van der Waals surface area (Å²) in [6.07, 6.45) is 0. The van der Waals surface area contributed by atoms with E-state index in [-0.39, 0.29) is 48.7 Å². The Morgan fingerprint density at radius 1 is 1.21 bits per heavy atom. The van der Waals surface area contributed by atoms with E-state index in [0.29, 0.717) is 6.54 Å². The van der Waals surface area contributed by atoms with E-state index < -0.39 is 0 Å². The molecule has 1 aromatic rings. The first-order valence-corrected chi connectivity index (χ1v) is 7.99. The van der Waals surface area contributed by atoms with Crippen LogP contribution in [0.15, 0.2) is 30.3 Å². The second-order valence-electron chi connectivity index (χ2n) is 5.97. The van der Waals surface area contributed by atoms with Gasteiger partial charge in [0, 0.05) is 31.6 Å². The van der Waals surface area contributed by atoms with Crippen molar-refractivity contribution in [3.8, 4) is 0 Å². The molecule has 0 saturated carbocycles. The van der Waals surface area contributed by atoms with Crippen molar-refractivity contribution >= 4 is 30.7 Å². The molecular formula is C17H29Cl2N3O2. The second-order valence-corrected chi connectivity index (χ2v) is 5.97. The van der Waals surface area contributed by atoms with E-state index >= 15 is 0 Å². The number of rotatable bonds is 6. The third-order valence-electron chi connectivity index (χ3n) is 4.34. The predicted octanol–water partition coefficient (Wildman–Crippen LogP) is 2.00. The number of benzene rings is 1. The van der Waals surface area contributed by atoms with Gasteiger partial charge in [0.15, 0.2) is 0 Å². The van der Waals surface area contributed by atoms with Gasteiger partial charge in [-0.15, -0.1) is 24.8 Å². The number of nitrogens with two attached hydrogens (primary N) is 1. The number of carbonyl (C=O) groups is 1. The number of hydrogen-bond acceptors (Lipinski definition) is 4. The maximum absolute atomic E-state index is 12.2. The van der Waals surface area contributed by atoms with Gasteiger partial charge >= 0.3 is 0 Å². The summed E-state index contributed by atoms with van der Waals surface area (Å²) in [4.78, 5) is 14.5. The summed E-state index contributed by atoms with van der Waals surface area (Å²) in [5.74, 6) is -0.162. The average Bonchev–Trinajstić information content (AvgIpc) is 2.56. The highest BCUT2D eigenvalue weighted by atomic mass is 35.5. The van der Waals surface area contributed by atoms with Crippen LogP contribution in [0.4, 0.5) is 0 Å². The zero-order valence-electron chi connectivity index (χ0n) is 14.3. The maximum Gasteiger partial charge on any atom is 0.224 e. The molecule has 3 N–H and O–H groups in total. The Morgan fingerprint density at radius 3 is 2.33 bits per heavy atom. The van der Waals surface area contributed by atoms with Crippen molar-refractivity contribution in [3.63, 3.8) is 0 Å². The van der Waals surface area contributed by atoms with E-state index in [4.69, 9.17) is 10.5 Å². The molecule has 0 bridgehead atoms. The van der Waals surface area contributed by atoms with E-state index in [2.05, 4.69) is 22.3 Å². The van der Waals surface area contributed by atoms with E-state index in [1.165, 1.54) is 5.56 Å². The minimum Gasteiger partial charge on any atom is -0.379 e. The fraction of sp³-hybridized carbons (Fsp3) is 0.588. The Labute approximate surface area is 157 Å². The van der Waals surface area contributed by atoms with Crippen molar-refractivity contribution in [1.82, 2.24) is 10.2 Å². The summed E-state index contributed by atoms with van der Waals surface area (Å²) in [5, 5.41) is 3.06. The van der Waals surface area contributed by atoms with Gasteiger partial charge in [-0.3, -0.25) is 9.69 Å². The lowest BCUT2D eigenvalue weighted by Crippen LogP contribution is -2.46. The fourth-order valence-corrected chi connectivity index (χ4v) is 2.62. The number of carbonyl (C=O) groups excluding carboxylic acids is 1. The van der Waals surface area contributed by atoms with Crippen LogP contribution in [0, 0.1) is 5.92 Å². The molecule has 1 aliphatic heterocycles. The third-order valence-corrected chi connectivity index (χ3v) is 4.34. The Balaban J connectivity index is 0.00000264. The number of hydrogen-bond donors (Lipinski definition) is 2. The van der Waals surface area contributed by atoms with Crippen LogP contribution in [0.25, 0.3) is 0 Å². The van der Waals surface area contributed by atoms with E-state index in [9.17, 15) is 4.79 Å². The number of ether oxygens (including phenoxy) is 1. The molecule has 1 amide bonds. The predicted molar refractivity (Wildman–Crippen MR) is 102 cm³/mol. The third kappa shape index (κ3) is 6.57. The van der Waals surface area contributed by atoms with Gasteiger partial charge in [0.1, 0.15) is 0 Å². The summed E-state index contributed by atoms with van der Waals surface area (Å²) in [5.41, 5.74) is 7.03. The molecule has 138 valence electrons. The van der Waals surface area contributed by atoms with Crippen LogP contribution >= 0.6 is 24.8 Å². The summed E-state index contributed by atoms with van der Waals surface area (Å²) in [6.45, 7) is 7.59. The number of morpholine rings is 1. The van der Waals surface area contributed by atoms with Crippen molar-refractivity contribution in [2.75, 3.05) is 32.8 Å². The maximum atomic E-state index is 12.2. The van der Waals surface area contributed by atoms with Crippen LogP contribution in [-0.2, 0) is 9.53 Å². The van der Waals surface area contributed by atoms with Crippen LogP contribution in [-0.4, -0.2) is 49.7 Å². The molecule has 1 aliphatic rings. The molecule has 1 aromatic carbocycles. The average molecular weight is 378 g/mol. The van der Waals surface area contributed by atoms with Gasteiger partial charge in [0.05, 0.1) is 19.3 Å². The zero-order chi connectivity index (χ0) is 15.9. The minimum atomic E-state index is -0.180. The molecule has 1 saturated heterocycles. The van der Waals surface area contributed by atoms with E-state index in [1.807, 2.05) is 32.0 Å². The van der Waals surface area contributed by atoms with Crippen molar-refractivity contribution < 1.29 is 9.53 Å². The molecule has 3 atom stereocenters. The highest BCUT2D eigenvalue weighted by molar-refractivity contribution is 5.85. The first-order valence-electron chi connectivity index (χ1n) is 7.99. The van der Waals surface area contributed by atoms with Crippen molar-refractivity contribution in [2.45, 2.75) is 25.9 Å². The van der Waals surface area contributed by atoms with Crippen LogP contribution in [0.5, 0.6) is 0 Å². The standard InChI is InChI=1S/C17H27N3O2.2ClH/c1-13(14(2)18)17(21)19-12-16(15-6-4-3-5-7-15)20-8-10-22-11-9-20;;/h3-7,13-14,16H,8-12,18H2,1-2H3,(H,19,21);2*1H. The molecule has 0 aliphatic carbocycles. The molecule has 0 radical (unpaired) electrons. The van der Waals surface area contributed by atoms with Gasteiger partial charge in [0.25, 0.3) is 0 Å². The monoisotopic (exact) mass is 377 g/mol. The zero-order valence-corrected chi connectivity index (χ0v) is 15.9. The van der Waals surface area contributed by atoms with Crippen LogP contribution < -0.4 is 11.1 Å². The van der Waals surface area contributed by atoms with E-state index in [1.54, 1.807) is 0 Å². The Bertz CT molecular complexity index is 468. The molecular weight excluding hydrogens is 349 g/mol. The first-order chi connectivity index (χ1) is 10.6. The van der Waals surface area contributed by atoms with Gasteiger partial charge in [0.2, 0.25) is 5.91 Å². The number of nitrogens with zero attached hydrogens (tertiary/aromatic N) is 1. The second kappa shape index (κ2) is 11.7. The van der Waals surface area contributed by atoms with Crippen LogP contribution in [0.1, 0.15) is 25.5 Å². The smallest absolute Gasteiger partial charge is 0.224 e. The SMILES string of the molecule is CC(N)C(C)C(=O)NCC(c1ccccc1)N1CCOCC1.Cl.Cl.